The summed E-state index contributed by atoms with van der Waals surface area (Å²) in [6.45, 7) is 6.16. The van der Waals surface area contributed by atoms with Crippen molar-refractivity contribution in [3.63, 3.8) is 0 Å². The molecule has 0 saturated carbocycles. The molecule has 0 aromatic heterocycles. The first-order valence-corrected chi connectivity index (χ1v) is 4.84. The summed E-state index contributed by atoms with van der Waals surface area (Å²) in [5, 5.41) is 8.51. The fourth-order valence-corrected chi connectivity index (χ4v) is 0.888. The molecule has 0 amide bonds. The maximum atomic E-state index is 8.51. The summed E-state index contributed by atoms with van der Waals surface area (Å²) in [5.41, 5.74) is 1.23. The molecule has 0 bridgehead atoms. The third-order valence-electron chi connectivity index (χ3n) is 1.65. The van der Waals surface area contributed by atoms with E-state index in [4.69, 9.17) is 5.11 Å². The highest BCUT2D eigenvalue weighted by Gasteiger charge is 1.81. The zero-order valence-electron chi connectivity index (χ0n) is 8.50. The third kappa shape index (κ3) is 11.2. The molecule has 1 heteroatoms. The lowest BCUT2D eigenvalue weighted by atomic mass is 10.2. The Balaban J connectivity index is 3.29. The van der Waals surface area contributed by atoms with Crippen LogP contribution in [0.3, 0.4) is 0 Å². The van der Waals surface area contributed by atoms with Gasteiger partial charge in [0.1, 0.15) is 0 Å². The quantitative estimate of drug-likeness (QED) is 0.362. The summed E-state index contributed by atoms with van der Waals surface area (Å²) in [7, 11) is 0. The van der Waals surface area contributed by atoms with Crippen LogP contribution in [0, 0.1) is 0 Å². The molecule has 0 aliphatic heterocycles. The summed E-state index contributed by atoms with van der Waals surface area (Å²) in [4.78, 5) is 0. The Morgan fingerprint density at radius 3 is 2.38 bits per heavy atom. The van der Waals surface area contributed by atoms with Gasteiger partial charge in [0, 0.05) is 6.61 Å². The van der Waals surface area contributed by atoms with Gasteiger partial charge in [-0.1, -0.05) is 29.9 Å². The van der Waals surface area contributed by atoms with Crippen molar-refractivity contribution in [1.29, 1.82) is 0 Å². The topological polar surface area (TPSA) is 20.2 Å². The molecule has 0 aliphatic carbocycles. The smallest absolute Gasteiger partial charge is 0.0433 e. The molecule has 0 radical (unpaired) electrons. The molecule has 0 aliphatic rings. The Hall–Kier alpha value is -0.820. The molecule has 0 unspecified atom stereocenters. The molecule has 0 atom stereocenters. The van der Waals surface area contributed by atoms with E-state index in [0.29, 0.717) is 0 Å². The zero-order chi connectivity index (χ0) is 9.94. The van der Waals surface area contributed by atoms with E-state index in [9.17, 15) is 0 Å². The van der Waals surface area contributed by atoms with Crippen LogP contribution in [0.15, 0.2) is 36.5 Å². The number of hydrogen-bond acceptors (Lipinski definition) is 1. The van der Waals surface area contributed by atoms with Gasteiger partial charge in [0.2, 0.25) is 0 Å². The lowest BCUT2D eigenvalue weighted by Gasteiger charge is -1.91. The van der Waals surface area contributed by atoms with E-state index in [1.165, 1.54) is 5.57 Å². The van der Waals surface area contributed by atoms with Crippen molar-refractivity contribution in [3.05, 3.63) is 36.5 Å². The monoisotopic (exact) mass is 180 g/mol. The van der Waals surface area contributed by atoms with Crippen molar-refractivity contribution in [2.45, 2.75) is 32.6 Å². The van der Waals surface area contributed by atoms with Crippen LogP contribution in [-0.2, 0) is 0 Å². The first-order chi connectivity index (χ1) is 6.27. The van der Waals surface area contributed by atoms with Crippen LogP contribution in [0.2, 0.25) is 0 Å². The molecule has 74 valence electrons. The van der Waals surface area contributed by atoms with Gasteiger partial charge in [-0.2, -0.15) is 0 Å². The molecule has 13 heavy (non-hydrogen) atoms. The summed E-state index contributed by atoms with van der Waals surface area (Å²) in [6.07, 6.45) is 12.3. The average Bonchev–Trinajstić information content (AvgIpc) is 2.09. The number of rotatable bonds is 7. The number of hydrogen-bond donors (Lipinski definition) is 1. The fourth-order valence-electron chi connectivity index (χ4n) is 0.888. The van der Waals surface area contributed by atoms with Gasteiger partial charge in [0.05, 0.1) is 0 Å². The van der Waals surface area contributed by atoms with Crippen LogP contribution in [0.25, 0.3) is 0 Å². The van der Waals surface area contributed by atoms with Gasteiger partial charge >= 0.3 is 0 Å². The lowest BCUT2D eigenvalue weighted by molar-refractivity contribution is 0.289. The predicted molar refractivity (Wildman–Crippen MR) is 58.6 cm³/mol. The minimum Gasteiger partial charge on any atom is -0.396 e. The van der Waals surface area contributed by atoms with Gasteiger partial charge in [-0.05, 0) is 32.6 Å². The van der Waals surface area contributed by atoms with E-state index in [2.05, 4.69) is 24.8 Å². The van der Waals surface area contributed by atoms with E-state index >= 15 is 0 Å². The Bertz CT molecular complexity index is 178. The van der Waals surface area contributed by atoms with Gasteiger partial charge in [-0.3, -0.25) is 0 Å². The van der Waals surface area contributed by atoms with Gasteiger partial charge in [0.15, 0.2) is 0 Å². The molecular weight excluding hydrogens is 160 g/mol. The number of allylic oxidation sites excluding steroid dienone is 5. The Kier molecular flexibility index (Phi) is 8.68. The second kappa shape index (κ2) is 9.27. The molecule has 0 fully saturated rings. The number of unbranched alkanes of at least 4 members (excludes halogenated alkanes) is 1. The van der Waals surface area contributed by atoms with Crippen LogP contribution >= 0.6 is 0 Å². The molecule has 1 N–H and O–H groups in total. The Morgan fingerprint density at radius 1 is 1.23 bits per heavy atom. The van der Waals surface area contributed by atoms with Gasteiger partial charge < -0.3 is 5.11 Å². The van der Waals surface area contributed by atoms with E-state index in [1.807, 2.05) is 13.0 Å². The maximum absolute atomic E-state index is 8.51. The van der Waals surface area contributed by atoms with Gasteiger partial charge in [-0.15, -0.1) is 6.58 Å². The highest BCUT2D eigenvalue weighted by Crippen LogP contribution is 2.00. The Labute approximate surface area is 81.5 Å². The largest absolute Gasteiger partial charge is 0.396 e. The lowest BCUT2D eigenvalue weighted by Crippen LogP contribution is -1.77. The summed E-state index contributed by atoms with van der Waals surface area (Å²) >= 11 is 0. The Morgan fingerprint density at radius 2 is 1.85 bits per heavy atom. The minimum absolute atomic E-state index is 0.281. The molecule has 0 heterocycles. The van der Waals surface area contributed by atoms with Crippen LogP contribution in [0.5, 0.6) is 0 Å². The highest BCUT2D eigenvalue weighted by molar-refractivity contribution is 5.03. The van der Waals surface area contributed by atoms with Crippen molar-refractivity contribution in [1.82, 2.24) is 0 Å². The molecule has 0 aromatic carbocycles. The van der Waals surface area contributed by atoms with E-state index in [0.717, 1.165) is 25.7 Å². The maximum Gasteiger partial charge on any atom is 0.0433 e. The second-order valence-electron chi connectivity index (χ2n) is 3.22. The van der Waals surface area contributed by atoms with E-state index < -0.39 is 0 Å². The van der Waals surface area contributed by atoms with Crippen molar-refractivity contribution >= 4 is 0 Å². The number of aliphatic hydroxyl groups excluding tert-OH is 1. The number of aliphatic hydroxyl groups is 1. The molecular formula is C12H20O. The molecule has 1 nitrogen and oxygen atoms in total. The van der Waals surface area contributed by atoms with E-state index in [1.54, 1.807) is 0 Å². The second-order valence-corrected chi connectivity index (χ2v) is 3.22. The minimum atomic E-state index is 0.281. The van der Waals surface area contributed by atoms with Crippen molar-refractivity contribution in [2.75, 3.05) is 6.61 Å². The standard InChI is InChI=1S/C12H20O/c1-12(2)10-8-6-4-3-5-7-9-11-13/h3-6,13H,1,7-11H2,2H3. The first kappa shape index (κ1) is 12.2. The molecule has 0 saturated heterocycles. The summed E-state index contributed by atoms with van der Waals surface area (Å²) in [5.74, 6) is 0. The van der Waals surface area contributed by atoms with Gasteiger partial charge in [0.25, 0.3) is 0 Å². The van der Waals surface area contributed by atoms with Crippen LogP contribution < -0.4 is 0 Å². The third-order valence-corrected chi connectivity index (χ3v) is 1.65. The van der Waals surface area contributed by atoms with Crippen LogP contribution in [0.1, 0.15) is 32.6 Å². The highest BCUT2D eigenvalue weighted by atomic mass is 16.2. The molecule has 0 spiro atoms. The normalized spacial score (nSPS) is 11.5. The van der Waals surface area contributed by atoms with Crippen molar-refractivity contribution in [2.24, 2.45) is 0 Å². The predicted octanol–water partition coefficient (Wildman–Crippen LogP) is 3.23. The van der Waals surface area contributed by atoms with Crippen LogP contribution in [0.4, 0.5) is 0 Å². The summed E-state index contributed by atoms with van der Waals surface area (Å²) in [6, 6.07) is 0. The SMILES string of the molecule is C=C(C)CCC=CC=CCCCO. The first-order valence-electron chi connectivity index (χ1n) is 4.84. The average molecular weight is 180 g/mol. The van der Waals surface area contributed by atoms with Crippen LogP contribution in [-0.4, -0.2) is 11.7 Å². The van der Waals surface area contributed by atoms with Gasteiger partial charge in [-0.25, -0.2) is 0 Å². The zero-order valence-corrected chi connectivity index (χ0v) is 8.50. The van der Waals surface area contributed by atoms with E-state index in [-0.39, 0.29) is 6.61 Å². The molecule has 0 aromatic rings. The summed E-state index contributed by atoms with van der Waals surface area (Å²) < 4.78 is 0. The molecule has 0 rings (SSSR count). The van der Waals surface area contributed by atoms with Crippen molar-refractivity contribution < 1.29 is 5.11 Å². The fraction of sp³-hybridized carbons (Fsp3) is 0.500. The van der Waals surface area contributed by atoms with Crippen molar-refractivity contribution in [3.8, 4) is 0 Å².